The van der Waals surface area contributed by atoms with Gasteiger partial charge in [-0.1, -0.05) is 46.5 Å². The van der Waals surface area contributed by atoms with Crippen molar-refractivity contribution in [1.29, 1.82) is 0 Å². The number of imide groups is 1. The molecule has 0 aromatic carbocycles. The highest BCUT2D eigenvalue weighted by Crippen LogP contribution is 2.35. The molecular weight excluding hydrogens is 372 g/mol. The van der Waals surface area contributed by atoms with Crippen molar-refractivity contribution < 1.29 is 23.9 Å². The van der Waals surface area contributed by atoms with Crippen LogP contribution >= 0.6 is 0 Å². The van der Waals surface area contributed by atoms with Crippen molar-refractivity contribution in [3.05, 3.63) is 0 Å². The van der Waals surface area contributed by atoms with E-state index < -0.39 is 12.0 Å². The van der Waals surface area contributed by atoms with Crippen LogP contribution in [0.3, 0.4) is 0 Å². The van der Waals surface area contributed by atoms with Gasteiger partial charge < -0.3 is 14.4 Å². The zero-order valence-corrected chi connectivity index (χ0v) is 18.1. The van der Waals surface area contributed by atoms with Gasteiger partial charge in [-0.2, -0.15) is 0 Å². The Bertz CT molecular complexity index is 594. The fraction of sp³-hybridized carbons (Fsp3) is 0.864. The van der Waals surface area contributed by atoms with E-state index in [1.807, 2.05) is 13.8 Å². The summed E-state index contributed by atoms with van der Waals surface area (Å²) in [4.78, 5) is 41.8. The molecule has 0 spiro atoms. The lowest BCUT2D eigenvalue weighted by Gasteiger charge is -2.33. The van der Waals surface area contributed by atoms with Crippen molar-refractivity contribution in [1.82, 2.24) is 9.80 Å². The van der Waals surface area contributed by atoms with Gasteiger partial charge in [0.1, 0.15) is 6.61 Å². The average molecular weight is 409 g/mol. The van der Waals surface area contributed by atoms with Crippen LogP contribution in [0.25, 0.3) is 0 Å². The summed E-state index contributed by atoms with van der Waals surface area (Å²) in [6.07, 6.45) is 4.81. The van der Waals surface area contributed by atoms with Gasteiger partial charge in [0.25, 0.3) is 0 Å². The van der Waals surface area contributed by atoms with Gasteiger partial charge in [0.15, 0.2) is 0 Å². The highest BCUT2D eigenvalue weighted by Gasteiger charge is 2.43. The van der Waals surface area contributed by atoms with Crippen molar-refractivity contribution in [2.75, 3.05) is 32.9 Å². The molecule has 164 valence electrons. The molecule has 1 saturated carbocycles. The first-order valence-corrected chi connectivity index (χ1v) is 11.2. The number of carbonyl (C=O) groups is 3. The molecule has 2 heterocycles. The molecule has 1 unspecified atom stereocenters. The van der Waals surface area contributed by atoms with Crippen LogP contribution in [-0.4, -0.2) is 66.7 Å². The quantitative estimate of drug-likeness (QED) is 0.675. The summed E-state index contributed by atoms with van der Waals surface area (Å²) < 4.78 is 10.5. The molecule has 3 amide bonds. The lowest BCUT2D eigenvalue weighted by molar-refractivity contribution is -0.143. The van der Waals surface area contributed by atoms with Gasteiger partial charge >= 0.3 is 6.09 Å². The third-order valence-electron chi connectivity index (χ3n) is 6.80. The topological polar surface area (TPSA) is 76.2 Å². The molecule has 7 nitrogen and oxygen atoms in total. The molecular formula is C22H36N2O5. The van der Waals surface area contributed by atoms with Crippen LogP contribution in [0.15, 0.2) is 0 Å². The van der Waals surface area contributed by atoms with Crippen LogP contribution in [0.4, 0.5) is 4.79 Å². The third kappa shape index (κ3) is 5.50. The SMILES string of the molecule is CC1CCC(C[C@H](CC(=O)N2CCOCC2)C(=O)N2C(=O)OCC2C(C)C)CC1. The van der Waals surface area contributed by atoms with E-state index in [9.17, 15) is 14.4 Å². The summed E-state index contributed by atoms with van der Waals surface area (Å²) in [5.41, 5.74) is 0. The first-order chi connectivity index (χ1) is 13.9. The minimum Gasteiger partial charge on any atom is -0.447 e. The summed E-state index contributed by atoms with van der Waals surface area (Å²) in [7, 11) is 0. The maximum absolute atomic E-state index is 13.5. The van der Waals surface area contributed by atoms with Crippen LogP contribution in [0.5, 0.6) is 0 Å². The number of hydrogen-bond donors (Lipinski definition) is 0. The second kappa shape index (κ2) is 9.92. The maximum atomic E-state index is 13.5. The Balaban J connectivity index is 1.72. The zero-order chi connectivity index (χ0) is 21.0. The third-order valence-corrected chi connectivity index (χ3v) is 6.80. The van der Waals surface area contributed by atoms with Crippen molar-refractivity contribution in [2.24, 2.45) is 23.7 Å². The molecule has 2 atom stereocenters. The molecule has 3 aliphatic rings. The highest BCUT2D eigenvalue weighted by molar-refractivity contribution is 5.96. The standard InChI is InChI=1S/C22H36N2O5/c1-15(2)19-14-29-22(27)24(19)21(26)18(12-17-6-4-16(3)5-7-17)13-20(25)23-8-10-28-11-9-23/h15-19H,4-14H2,1-3H3/t16?,17?,18-,19?/m1/s1. The Hall–Kier alpha value is -1.63. The number of amides is 3. The van der Waals surface area contributed by atoms with Crippen LogP contribution < -0.4 is 0 Å². The Morgan fingerprint density at radius 2 is 1.76 bits per heavy atom. The van der Waals surface area contributed by atoms with E-state index in [4.69, 9.17) is 9.47 Å². The fourth-order valence-corrected chi connectivity index (χ4v) is 4.77. The molecule has 0 aromatic heterocycles. The van der Waals surface area contributed by atoms with E-state index in [0.29, 0.717) is 38.6 Å². The number of hydrogen-bond acceptors (Lipinski definition) is 5. The first-order valence-electron chi connectivity index (χ1n) is 11.2. The number of morpholine rings is 1. The van der Waals surface area contributed by atoms with Gasteiger partial charge in [-0.25, -0.2) is 9.69 Å². The summed E-state index contributed by atoms with van der Waals surface area (Å²) in [6, 6.07) is -0.248. The summed E-state index contributed by atoms with van der Waals surface area (Å²) in [5, 5.41) is 0. The van der Waals surface area contributed by atoms with Gasteiger partial charge in [-0.05, 0) is 24.2 Å². The minimum atomic E-state index is -0.560. The van der Waals surface area contributed by atoms with E-state index in [1.54, 1.807) is 4.90 Å². The predicted octanol–water partition coefficient (Wildman–Crippen LogP) is 3.07. The lowest BCUT2D eigenvalue weighted by atomic mass is 9.77. The molecule has 0 radical (unpaired) electrons. The fourth-order valence-electron chi connectivity index (χ4n) is 4.77. The van der Waals surface area contributed by atoms with E-state index in [-0.39, 0.29) is 36.8 Å². The smallest absolute Gasteiger partial charge is 0.416 e. The Morgan fingerprint density at radius 1 is 1.10 bits per heavy atom. The van der Waals surface area contributed by atoms with E-state index in [1.165, 1.54) is 17.7 Å². The Kier molecular flexibility index (Phi) is 7.55. The molecule has 3 fully saturated rings. The van der Waals surface area contributed by atoms with Crippen LogP contribution in [0, 0.1) is 23.7 Å². The van der Waals surface area contributed by atoms with Crippen LogP contribution in [0.1, 0.15) is 59.3 Å². The van der Waals surface area contributed by atoms with Crippen LogP contribution in [0.2, 0.25) is 0 Å². The number of ether oxygens (including phenoxy) is 2. The molecule has 3 rings (SSSR count). The van der Waals surface area contributed by atoms with Gasteiger partial charge in [-0.3, -0.25) is 9.59 Å². The molecule has 29 heavy (non-hydrogen) atoms. The van der Waals surface area contributed by atoms with Gasteiger partial charge in [0.05, 0.1) is 19.3 Å². The largest absolute Gasteiger partial charge is 0.447 e. The molecule has 0 bridgehead atoms. The predicted molar refractivity (Wildman–Crippen MR) is 108 cm³/mol. The van der Waals surface area contributed by atoms with Crippen molar-refractivity contribution >= 4 is 17.9 Å². The summed E-state index contributed by atoms with van der Waals surface area (Å²) in [6.45, 7) is 8.72. The molecule has 2 aliphatic heterocycles. The molecule has 0 N–H and O–H groups in total. The van der Waals surface area contributed by atoms with Crippen LogP contribution in [-0.2, 0) is 19.1 Å². The second-order valence-electron chi connectivity index (χ2n) is 9.35. The highest BCUT2D eigenvalue weighted by atomic mass is 16.6. The molecule has 1 aliphatic carbocycles. The van der Waals surface area contributed by atoms with Gasteiger partial charge in [-0.15, -0.1) is 0 Å². The van der Waals surface area contributed by atoms with Gasteiger partial charge in [0.2, 0.25) is 11.8 Å². The van der Waals surface area contributed by atoms with Gasteiger partial charge in [0, 0.05) is 25.4 Å². The second-order valence-corrected chi connectivity index (χ2v) is 9.35. The molecule has 2 saturated heterocycles. The van der Waals surface area contributed by atoms with Crippen molar-refractivity contribution in [2.45, 2.75) is 65.3 Å². The number of carbonyl (C=O) groups excluding carboxylic acids is 3. The summed E-state index contributed by atoms with van der Waals surface area (Å²) >= 11 is 0. The first kappa shape index (κ1) is 22.1. The number of cyclic esters (lactones) is 1. The maximum Gasteiger partial charge on any atom is 0.416 e. The van der Waals surface area contributed by atoms with E-state index >= 15 is 0 Å². The number of nitrogens with zero attached hydrogens (tertiary/aromatic N) is 2. The van der Waals surface area contributed by atoms with Crippen molar-refractivity contribution in [3.8, 4) is 0 Å². The van der Waals surface area contributed by atoms with Crippen molar-refractivity contribution in [3.63, 3.8) is 0 Å². The minimum absolute atomic E-state index is 0.00973. The molecule has 0 aromatic rings. The Morgan fingerprint density at radius 3 is 2.38 bits per heavy atom. The normalized spacial score (nSPS) is 29.1. The Labute approximate surface area is 174 Å². The van der Waals surface area contributed by atoms with E-state index in [0.717, 1.165) is 18.8 Å². The average Bonchev–Trinajstić information content (AvgIpc) is 3.11. The summed E-state index contributed by atoms with van der Waals surface area (Å²) in [5.74, 6) is 0.589. The zero-order valence-electron chi connectivity index (χ0n) is 18.1. The van der Waals surface area contributed by atoms with E-state index in [2.05, 4.69) is 6.92 Å². The number of rotatable bonds is 6. The monoisotopic (exact) mass is 408 g/mol. The lowest BCUT2D eigenvalue weighted by Crippen LogP contribution is -2.47. The molecule has 7 heteroatoms.